The maximum atomic E-state index is 5.24. The lowest BCUT2D eigenvalue weighted by molar-refractivity contribution is 0.297. The average molecular weight is 446 g/mol. The first-order chi connectivity index (χ1) is 11.1. The highest BCUT2D eigenvalue weighted by Crippen LogP contribution is 2.21. The van der Waals surface area contributed by atoms with Crippen molar-refractivity contribution in [2.45, 2.75) is 37.8 Å². The monoisotopic (exact) mass is 446 g/mol. The van der Waals surface area contributed by atoms with Crippen molar-refractivity contribution in [2.24, 2.45) is 4.99 Å². The second-order valence-corrected chi connectivity index (χ2v) is 6.33. The molecule has 1 unspecified atom stereocenters. The molecule has 1 atom stereocenters. The van der Waals surface area contributed by atoms with Crippen LogP contribution in [-0.4, -0.2) is 51.7 Å². The molecule has 2 N–H and O–H groups in total. The van der Waals surface area contributed by atoms with E-state index in [0.29, 0.717) is 6.04 Å². The Morgan fingerprint density at radius 2 is 1.88 bits per heavy atom. The highest BCUT2D eigenvalue weighted by Gasteiger charge is 2.18. The number of likely N-dealkylation sites (N-methyl/N-ethyl adjacent to an activating group) is 1. The summed E-state index contributed by atoms with van der Waals surface area (Å²) < 4.78 is 5.24. The van der Waals surface area contributed by atoms with E-state index in [1.165, 1.54) is 31.2 Å². The quantitative estimate of drug-likeness (QED) is 0.401. The van der Waals surface area contributed by atoms with Gasteiger partial charge in [-0.3, -0.25) is 4.99 Å². The SMILES string of the molecule is CN=C(NCC(c1ccc(OC)cc1)N(C)C)NC1CCCC1.I. The summed E-state index contributed by atoms with van der Waals surface area (Å²) in [6.45, 7) is 0.811. The smallest absolute Gasteiger partial charge is 0.191 e. The standard InChI is InChI=1S/C18H30N4O.HI/c1-19-18(21-15-7-5-6-8-15)20-13-17(22(2)3)14-9-11-16(23-4)12-10-14;/h9-12,15,17H,5-8,13H2,1-4H3,(H2,19,20,21);1H. The van der Waals surface area contributed by atoms with E-state index in [2.05, 4.69) is 46.8 Å². The summed E-state index contributed by atoms with van der Waals surface area (Å²) in [6.07, 6.45) is 5.13. The summed E-state index contributed by atoms with van der Waals surface area (Å²) in [4.78, 5) is 6.58. The van der Waals surface area contributed by atoms with Crippen LogP contribution in [-0.2, 0) is 0 Å². The molecule has 0 spiro atoms. The van der Waals surface area contributed by atoms with Crippen molar-refractivity contribution >= 4 is 29.9 Å². The molecule has 0 aliphatic heterocycles. The van der Waals surface area contributed by atoms with Gasteiger partial charge in [-0.05, 0) is 44.6 Å². The lowest BCUT2D eigenvalue weighted by atomic mass is 10.1. The van der Waals surface area contributed by atoms with Gasteiger partial charge in [-0.25, -0.2) is 0 Å². The summed E-state index contributed by atoms with van der Waals surface area (Å²) in [7, 11) is 7.73. The molecule has 0 amide bonds. The number of methoxy groups -OCH3 is 1. The molecule has 24 heavy (non-hydrogen) atoms. The minimum atomic E-state index is 0. The fraction of sp³-hybridized carbons (Fsp3) is 0.611. The van der Waals surface area contributed by atoms with Crippen molar-refractivity contribution in [3.63, 3.8) is 0 Å². The Hall–Kier alpha value is -1.02. The number of nitrogens with zero attached hydrogens (tertiary/aromatic N) is 2. The number of aliphatic imine (C=N–C) groups is 1. The molecule has 0 saturated heterocycles. The molecule has 136 valence electrons. The highest BCUT2D eigenvalue weighted by molar-refractivity contribution is 14.0. The van der Waals surface area contributed by atoms with Crippen molar-refractivity contribution in [1.29, 1.82) is 0 Å². The molecule has 2 rings (SSSR count). The third-order valence-electron chi connectivity index (χ3n) is 4.51. The zero-order valence-electron chi connectivity index (χ0n) is 15.2. The molecular formula is C18H31IN4O. The third-order valence-corrected chi connectivity index (χ3v) is 4.51. The molecule has 1 aromatic rings. The maximum absolute atomic E-state index is 5.24. The molecule has 6 heteroatoms. The van der Waals surface area contributed by atoms with E-state index < -0.39 is 0 Å². The number of hydrogen-bond acceptors (Lipinski definition) is 3. The van der Waals surface area contributed by atoms with Crippen LogP contribution in [0.2, 0.25) is 0 Å². The van der Waals surface area contributed by atoms with Crippen LogP contribution in [0.15, 0.2) is 29.3 Å². The van der Waals surface area contributed by atoms with E-state index in [1.54, 1.807) is 7.11 Å². The van der Waals surface area contributed by atoms with Gasteiger partial charge in [-0.1, -0.05) is 25.0 Å². The first-order valence-electron chi connectivity index (χ1n) is 8.41. The van der Waals surface area contributed by atoms with E-state index in [9.17, 15) is 0 Å². The van der Waals surface area contributed by atoms with Crippen LogP contribution < -0.4 is 15.4 Å². The van der Waals surface area contributed by atoms with E-state index in [-0.39, 0.29) is 30.0 Å². The molecule has 1 aliphatic rings. The molecule has 1 fully saturated rings. The molecule has 0 heterocycles. The third kappa shape index (κ3) is 6.12. The van der Waals surface area contributed by atoms with Crippen LogP contribution in [0.4, 0.5) is 0 Å². The second-order valence-electron chi connectivity index (χ2n) is 6.33. The van der Waals surface area contributed by atoms with E-state index >= 15 is 0 Å². The highest BCUT2D eigenvalue weighted by atomic mass is 127. The van der Waals surface area contributed by atoms with E-state index in [0.717, 1.165) is 18.3 Å². The Bertz CT molecular complexity index is 498. The summed E-state index contributed by atoms with van der Waals surface area (Å²) in [5, 5.41) is 7.00. The Kier molecular flexibility index (Phi) is 9.43. The Morgan fingerprint density at radius 3 is 2.38 bits per heavy atom. The van der Waals surface area contributed by atoms with Gasteiger partial charge >= 0.3 is 0 Å². The van der Waals surface area contributed by atoms with Crippen molar-refractivity contribution in [3.05, 3.63) is 29.8 Å². The van der Waals surface area contributed by atoms with Gasteiger partial charge in [0.2, 0.25) is 0 Å². The maximum Gasteiger partial charge on any atom is 0.191 e. The van der Waals surface area contributed by atoms with E-state index in [4.69, 9.17) is 4.74 Å². The van der Waals surface area contributed by atoms with Gasteiger partial charge in [-0.2, -0.15) is 0 Å². The summed E-state index contributed by atoms with van der Waals surface area (Å²) in [5.74, 6) is 1.79. The second kappa shape index (κ2) is 10.8. The number of benzene rings is 1. The van der Waals surface area contributed by atoms with Crippen molar-refractivity contribution in [3.8, 4) is 5.75 Å². The molecule has 5 nitrogen and oxygen atoms in total. The minimum Gasteiger partial charge on any atom is -0.497 e. The predicted molar refractivity (Wildman–Crippen MR) is 112 cm³/mol. The van der Waals surface area contributed by atoms with Crippen LogP contribution in [0.3, 0.4) is 0 Å². The Balaban J connectivity index is 0.00000288. The minimum absolute atomic E-state index is 0. The molecule has 0 bridgehead atoms. The largest absolute Gasteiger partial charge is 0.497 e. The summed E-state index contributed by atoms with van der Waals surface area (Å²) in [6, 6.07) is 9.12. The van der Waals surface area contributed by atoms with Gasteiger partial charge in [0.05, 0.1) is 13.2 Å². The fourth-order valence-electron chi connectivity index (χ4n) is 3.08. The lowest BCUT2D eigenvalue weighted by Crippen LogP contribution is -2.45. The first-order valence-corrected chi connectivity index (χ1v) is 8.41. The number of rotatable bonds is 6. The molecule has 1 aromatic carbocycles. The van der Waals surface area contributed by atoms with E-state index in [1.807, 2.05) is 19.2 Å². The van der Waals surface area contributed by atoms with Gasteiger partial charge in [0, 0.05) is 19.6 Å². The van der Waals surface area contributed by atoms with Crippen LogP contribution in [0.25, 0.3) is 0 Å². The Labute approximate surface area is 163 Å². The zero-order chi connectivity index (χ0) is 16.7. The van der Waals surface area contributed by atoms with Crippen LogP contribution in [0, 0.1) is 0 Å². The number of ether oxygens (including phenoxy) is 1. The molecule has 0 radical (unpaired) electrons. The number of hydrogen-bond donors (Lipinski definition) is 2. The first kappa shape index (κ1) is 21.0. The number of nitrogens with one attached hydrogen (secondary N) is 2. The topological polar surface area (TPSA) is 48.9 Å². The van der Waals surface area contributed by atoms with Gasteiger partial charge in [0.1, 0.15) is 5.75 Å². The molecule has 1 aliphatic carbocycles. The fourth-order valence-corrected chi connectivity index (χ4v) is 3.08. The van der Waals surface area contributed by atoms with Gasteiger partial charge in [0.25, 0.3) is 0 Å². The van der Waals surface area contributed by atoms with Gasteiger partial charge < -0.3 is 20.3 Å². The molecular weight excluding hydrogens is 415 g/mol. The predicted octanol–water partition coefficient (Wildman–Crippen LogP) is 3.02. The molecule has 1 saturated carbocycles. The molecule has 0 aromatic heterocycles. The van der Waals surface area contributed by atoms with Gasteiger partial charge in [0.15, 0.2) is 5.96 Å². The number of halogens is 1. The van der Waals surface area contributed by atoms with Crippen LogP contribution in [0.1, 0.15) is 37.3 Å². The van der Waals surface area contributed by atoms with Crippen molar-refractivity contribution < 1.29 is 4.74 Å². The van der Waals surface area contributed by atoms with Crippen molar-refractivity contribution in [2.75, 3.05) is 34.8 Å². The average Bonchev–Trinajstić information content (AvgIpc) is 3.07. The summed E-state index contributed by atoms with van der Waals surface area (Å²) >= 11 is 0. The van der Waals surface area contributed by atoms with Crippen LogP contribution >= 0.6 is 24.0 Å². The van der Waals surface area contributed by atoms with Crippen LogP contribution in [0.5, 0.6) is 5.75 Å². The Morgan fingerprint density at radius 1 is 1.25 bits per heavy atom. The normalized spacial score (nSPS) is 16.6. The van der Waals surface area contributed by atoms with Crippen molar-refractivity contribution in [1.82, 2.24) is 15.5 Å². The lowest BCUT2D eigenvalue weighted by Gasteiger charge is -2.27. The van der Waals surface area contributed by atoms with Gasteiger partial charge in [-0.15, -0.1) is 24.0 Å². The summed E-state index contributed by atoms with van der Waals surface area (Å²) in [5.41, 5.74) is 1.26. The zero-order valence-corrected chi connectivity index (χ0v) is 17.5. The number of guanidine groups is 1.